The van der Waals surface area contributed by atoms with E-state index in [1.54, 1.807) is 5.56 Å². The van der Waals surface area contributed by atoms with E-state index in [0.717, 1.165) is 11.8 Å². The Labute approximate surface area is 171 Å². The highest BCUT2D eigenvalue weighted by molar-refractivity contribution is 8.00. The molecular formula is C26H36S. The molecule has 2 aromatic carbocycles. The van der Waals surface area contributed by atoms with Crippen LogP contribution in [-0.4, -0.2) is 5.25 Å². The first kappa shape index (κ1) is 20.5. The summed E-state index contributed by atoms with van der Waals surface area (Å²) in [5.74, 6) is 2.37. The van der Waals surface area contributed by atoms with Crippen LogP contribution in [0.5, 0.6) is 0 Å². The lowest BCUT2D eigenvalue weighted by molar-refractivity contribution is 0.565. The molecular weight excluding hydrogens is 344 g/mol. The van der Waals surface area contributed by atoms with Gasteiger partial charge in [-0.25, -0.2) is 0 Å². The molecule has 1 fully saturated rings. The second-order valence-corrected chi connectivity index (χ2v) is 10.9. The van der Waals surface area contributed by atoms with Gasteiger partial charge in [0.25, 0.3) is 0 Å². The average Bonchev–Trinajstić information content (AvgIpc) is 3.31. The summed E-state index contributed by atoms with van der Waals surface area (Å²) in [6.45, 7) is 14.0. The van der Waals surface area contributed by atoms with Gasteiger partial charge < -0.3 is 0 Å². The predicted molar refractivity (Wildman–Crippen MR) is 121 cm³/mol. The lowest BCUT2D eigenvalue weighted by Crippen LogP contribution is -2.15. The molecule has 1 saturated carbocycles. The molecule has 4 unspecified atom stereocenters. The standard InChI is InChI=1S/C26H36S/c1-7-9-20-10-8-11-21(17-20)25(24-16-18(24)2)19(3)27-23-14-12-22(13-15-23)26(4,5)6/h8,10-15,17-19,24-25H,7,9,16H2,1-6H3. The van der Waals surface area contributed by atoms with Crippen LogP contribution in [0.2, 0.25) is 0 Å². The molecule has 1 heteroatoms. The van der Waals surface area contributed by atoms with Gasteiger partial charge in [0.15, 0.2) is 0 Å². The third-order valence-corrected chi connectivity index (χ3v) is 7.26. The third-order valence-electron chi connectivity index (χ3n) is 6.06. The summed E-state index contributed by atoms with van der Waals surface area (Å²) < 4.78 is 0. The highest BCUT2D eigenvalue weighted by Gasteiger charge is 2.42. The lowest BCUT2D eigenvalue weighted by atomic mass is 9.87. The Balaban J connectivity index is 1.78. The molecule has 0 bridgehead atoms. The SMILES string of the molecule is CCCc1cccc(C(C(C)Sc2ccc(C(C)(C)C)cc2)C2CC2C)c1. The van der Waals surface area contributed by atoms with Crippen molar-refractivity contribution in [2.24, 2.45) is 11.8 Å². The molecule has 0 nitrogen and oxygen atoms in total. The zero-order chi connectivity index (χ0) is 19.6. The van der Waals surface area contributed by atoms with Crippen molar-refractivity contribution in [3.05, 3.63) is 65.2 Å². The molecule has 0 N–H and O–H groups in total. The van der Waals surface area contributed by atoms with Gasteiger partial charge in [0, 0.05) is 10.1 Å². The van der Waals surface area contributed by atoms with Crippen LogP contribution in [-0.2, 0) is 11.8 Å². The number of benzene rings is 2. The molecule has 0 aliphatic heterocycles. The summed E-state index contributed by atoms with van der Waals surface area (Å²) in [5, 5.41) is 0.595. The lowest BCUT2D eigenvalue weighted by Gasteiger charge is -2.26. The van der Waals surface area contributed by atoms with Crippen molar-refractivity contribution < 1.29 is 0 Å². The predicted octanol–water partition coefficient (Wildman–Crippen LogP) is 7.86. The van der Waals surface area contributed by atoms with Crippen molar-refractivity contribution >= 4 is 11.8 Å². The number of hydrogen-bond donors (Lipinski definition) is 0. The zero-order valence-corrected chi connectivity index (χ0v) is 18.8. The minimum Gasteiger partial charge on any atom is -0.122 e. The Bertz CT molecular complexity index is 738. The normalized spacial score (nSPS) is 21.7. The maximum atomic E-state index is 2.49. The van der Waals surface area contributed by atoms with Crippen molar-refractivity contribution in [2.75, 3.05) is 0 Å². The molecule has 2 aromatic rings. The van der Waals surface area contributed by atoms with E-state index in [1.807, 2.05) is 0 Å². The Kier molecular flexibility index (Phi) is 6.41. The van der Waals surface area contributed by atoms with Gasteiger partial charge in [-0.3, -0.25) is 0 Å². The molecule has 1 aliphatic carbocycles. The average molecular weight is 381 g/mol. The van der Waals surface area contributed by atoms with E-state index in [4.69, 9.17) is 0 Å². The summed E-state index contributed by atoms with van der Waals surface area (Å²) in [6.07, 6.45) is 3.80. The van der Waals surface area contributed by atoms with Gasteiger partial charge in [0.2, 0.25) is 0 Å². The fraction of sp³-hybridized carbons (Fsp3) is 0.538. The molecule has 27 heavy (non-hydrogen) atoms. The Morgan fingerprint density at radius 3 is 2.30 bits per heavy atom. The Morgan fingerprint density at radius 1 is 1.07 bits per heavy atom. The van der Waals surface area contributed by atoms with E-state index in [0.29, 0.717) is 11.2 Å². The van der Waals surface area contributed by atoms with Gasteiger partial charge in [0.05, 0.1) is 0 Å². The smallest absolute Gasteiger partial charge is 0.0137 e. The molecule has 3 rings (SSSR count). The topological polar surface area (TPSA) is 0 Å². The van der Waals surface area contributed by atoms with Gasteiger partial charge in [-0.2, -0.15) is 0 Å². The summed E-state index contributed by atoms with van der Waals surface area (Å²) in [4.78, 5) is 1.40. The first-order valence-corrected chi connectivity index (χ1v) is 11.5. The van der Waals surface area contributed by atoms with Crippen molar-refractivity contribution in [1.29, 1.82) is 0 Å². The first-order valence-electron chi connectivity index (χ1n) is 10.7. The van der Waals surface area contributed by atoms with Crippen molar-refractivity contribution in [3.63, 3.8) is 0 Å². The number of aryl methyl sites for hydroxylation is 1. The fourth-order valence-corrected chi connectivity index (χ4v) is 5.51. The highest BCUT2D eigenvalue weighted by Crippen LogP contribution is 2.52. The molecule has 4 atom stereocenters. The molecule has 0 spiro atoms. The summed E-state index contributed by atoms with van der Waals surface area (Å²) in [7, 11) is 0. The van der Waals surface area contributed by atoms with Crippen LogP contribution in [0, 0.1) is 11.8 Å². The largest absolute Gasteiger partial charge is 0.122 e. The molecule has 0 radical (unpaired) electrons. The zero-order valence-electron chi connectivity index (χ0n) is 18.0. The van der Waals surface area contributed by atoms with Crippen molar-refractivity contribution in [2.45, 2.75) is 82.3 Å². The molecule has 146 valence electrons. The van der Waals surface area contributed by atoms with Crippen molar-refractivity contribution in [1.82, 2.24) is 0 Å². The first-order chi connectivity index (χ1) is 12.8. The van der Waals surface area contributed by atoms with Crippen LogP contribution in [0.4, 0.5) is 0 Å². The van der Waals surface area contributed by atoms with Crippen molar-refractivity contribution in [3.8, 4) is 0 Å². The Hall–Kier alpha value is -1.21. The van der Waals surface area contributed by atoms with E-state index < -0.39 is 0 Å². The maximum absolute atomic E-state index is 2.49. The maximum Gasteiger partial charge on any atom is 0.0137 e. The molecule has 0 amide bonds. The second-order valence-electron chi connectivity index (χ2n) is 9.50. The molecule has 0 saturated heterocycles. The molecule has 0 aromatic heterocycles. The minimum atomic E-state index is 0.223. The quantitative estimate of drug-likeness (QED) is 0.440. The van der Waals surface area contributed by atoms with E-state index in [9.17, 15) is 0 Å². The van der Waals surface area contributed by atoms with Crippen LogP contribution < -0.4 is 0 Å². The van der Waals surface area contributed by atoms with Gasteiger partial charge in [-0.1, -0.05) is 84.4 Å². The second kappa shape index (κ2) is 8.43. The monoisotopic (exact) mass is 380 g/mol. The van der Waals surface area contributed by atoms with Crippen LogP contribution >= 0.6 is 11.8 Å². The highest BCUT2D eigenvalue weighted by atomic mass is 32.2. The third kappa shape index (κ3) is 5.19. The minimum absolute atomic E-state index is 0.223. The van der Waals surface area contributed by atoms with Crippen LogP contribution in [0.25, 0.3) is 0 Å². The number of thioether (sulfide) groups is 1. The Morgan fingerprint density at radius 2 is 1.74 bits per heavy atom. The van der Waals surface area contributed by atoms with Gasteiger partial charge in [-0.05, 0) is 64.8 Å². The van der Waals surface area contributed by atoms with Gasteiger partial charge in [-0.15, -0.1) is 11.8 Å². The van der Waals surface area contributed by atoms with Gasteiger partial charge in [0.1, 0.15) is 0 Å². The van der Waals surface area contributed by atoms with E-state index >= 15 is 0 Å². The molecule has 1 aliphatic rings. The fourth-order valence-electron chi connectivity index (χ4n) is 4.28. The van der Waals surface area contributed by atoms with Crippen LogP contribution in [0.1, 0.15) is 77.0 Å². The summed E-state index contributed by atoms with van der Waals surface area (Å²) in [6, 6.07) is 18.7. The van der Waals surface area contributed by atoms with Crippen LogP contribution in [0.3, 0.4) is 0 Å². The van der Waals surface area contributed by atoms with Gasteiger partial charge >= 0.3 is 0 Å². The summed E-state index contributed by atoms with van der Waals surface area (Å²) >= 11 is 2.06. The number of rotatable bonds is 7. The van der Waals surface area contributed by atoms with E-state index in [-0.39, 0.29) is 5.41 Å². The van der Waals surface area contributed by atoms with E-state index in [1.165, 1.54) is 35.3 Å². The summed E-state index contributed by atoms with van der Waals surface area (Å²) in [5.41, 5.74) is 4.70. The molecule has 0 heterocycles. The number of hydrogen-bond acceptors (Lipinski definition) is 1. The van der Waals surface area contributed by atoms with E-state index in [2.05, 4.69) is 102 Å². The van der Waals surface area contributed by atoms with Crippen LogP contribution in [0.15, 0.2) is 53.4 Å².